The van der Waals surface area contributed by atoms with Gasteiger partial charge in [0.1, 0.15) is 0 Å². The Kier molecular flexibility index (Phi) is 11.4. The molecule has 0 N–H and O–H groups in total. The van der Waals surface area contributed by atoms with E-state index in [9.17, 15) is 0 Å². The molecular weight excluding hydrogens is 210 g/mol. The number of rotatable bonds is 0. The van der Waals surface area contributed by atoms with Crippen molar-refractivity contribution in [3.05, 3.63) is 4.30 Å². The Hall–Kier alpha value is 1.75. The predicted octanol–water partition coefficient (Wildman–Crippen LogP) is 2.15. The Morgan fingerprint density at radius 3 is 1.00 bits per heavy atom. The van der Waals surface area contributed by atoms with Crippen molar-refractivity contribution in [2.45, 2.75) is 0 Å². The molecule has 0 aliphatic rings. The SMILES string of the molecule is Cl[C](Cl)Cl.[Zr]. The van der Waals surface area contributed by atoms with E-state index < -0.39 is 0 Å². The first kappa shape index (κ1) is 9.89. The molecule has 0 aromatic rings. The fourth-order valence-corrected chi connectivity index (χ4v) is 0. The summed E-state index contributed by atoms with van der Waals surface area (Å²) in [5.41, 5.74) is 0. The van der Waals surface area contributed by atoms with Crippen molar-refractivity contribution in [2.24, 2.45) is 0 Å². The predicted molar refractivity (Wildman–Crippen MR) is 20.8 cm³/mol. The van der Waals surface area contributed by atoms with Crippen LogP contribution in [0.15, 0.2) is 0 Å². The van der Waals surface area contributed by atoms with Crippen LogP contribution in [0.2, 0.25) is 0 Å². The van der Waals surface area contributed by atoms with E-state index in [0.717, 1.165) is 0 Å². The van der Waals surface area contributed by atoms with Crippen LogP contribution in [0.1, 0.15) is 0 Å². The molecule has 0 atom stereocenters. The van der Waals surface area contributed by atoms with Gasteiger partial charge < -0.3 is 0 Å². The molecule has 0 bridgehead atoms. The van der Waals surface area contributed by atoms with Gasteiger partial charge in [-0.3, -0.25) is 0 Å². The second-order valence-electron chi connectivity index (χ2n) is 0.214. The van der Waals surface area contributed by atoms with Crippen molar-refractivity contribution in [1.82, 2.24) is 0 Å². The zero-order valence-corrected chi connectivity index (χ0v) is 6.86. The first-order chi connectivity index (χ1) is 1.73. The van der Waals surface area contributed by atoms with Crippen LogP contribution in [0.4, 0.5) is 0 Å². The topological polar surface area (TPSA) is 0 Å². The maximum absolute atomic E-state index is 4.72. The van der Waals surface area contributed by atoms with Gasteiger partial charge in [-0.2, -0.15) is 0 Å². The molecule has 4 heteroatoms. The van der Waals surface area contributed by atoms with E-state index in [1.165, 1.54) is 0 Å². The summed E-state index contributed by atoms with van der Waals surface area (Å²) in [5, 5.41) is 0. The van der Waals surface area contributed by atoms with Gasteiger partial charge in [-0.05, 0) is 0 Å². The van der Waals surface area contributed by atoms with Crippen LogP contribution < -0.4 is 0 Å². The van der Waals surface area contributed by atoms with E-state index >= 15 is 0 Å². The molecule has 0 saturated carbocycles. The maximum atomic E-state index is 4.72. The summed E-state index contributed by atoms with van der Waals surface area (Å²) < 4.78 is -0.167. The Bertz CT molecular complexity index is 11.6. The van der Waals surface area contributed by atoms with Gasteiger partial charge in [0.05, 0.1) is 0 Å². The molecule has 0 aromatic carbocycles. The molecule has 0 rings (SSSR count). The first-order valence-corrected chi connectivity index (χ1v) is 1.70. The van der Waals surface area contributed by atoms with E-state index in [1.54, 1.807) is 0 Å². The average molecular weight is 210 g/mol. The molecule has 0 aliphatic carbocycles. The van der Waals surface area contributed by atoms with Crippen molar-refractivity contribution in [3.63, 3.8) is 0 Å². The van der Waals surface area contributed by atoms with E-state index in [-0.39, 0.29) is 30.5 Å². The molecular formula is CCl3Zr. The van der Waals surface area contributed by atoms with Crippen molar-refractivity contribution in [2.75, 3.05) is 0 Å². The molecule has 0 nitrogen and oxygen atoms in total. The average Bonchev–Trinajstić information content (AvgIpc) is 0.811. The van der Waals surface area contributed by atoms with Gasteiger partial charge in [0, 0.05) is 26.2 Å². The molecule has 0 unspecified atom stereocenters. The Morgan fingerprint density at radius 1 is 1.00 bits per heavy atom. The van der Waals surface area contributed by atoms with E-state index in [1.807, 2.05) is 0 Å². The van der Waals surface area contributed by atoms with Crippen molar-refractivity contribution < 1.29 is 26.2 Å². The molecule has 0 saturated heterocycles. The van der Waals surface area contributed by atoms with Crippen molar-refractivity contribution >= 4 is 34.8 Å². The Morgan fingerprint density at radius 2 is 1.00 bits per heavy atom. The molecule has 0 spiro atoms. The van der Waals surface area contributed by atoms with Crippen LogP contribution >= 0.6 is 34.8 Å². The summed E-state index contributed by atoms with van der Waals surface area (Å²) in [7, 11) is 0. The van der Waals surface area contributed by atoms with Gasteiger partial charge >= 0.3 is 0 Å². The van der Waals surface area contributed by atoms with E-state index in [0.29, 0.717) is 0 Å². The summed E-state index contributed by atoms with van der Waals surface area (Å²) in [5.74, 6) is 0. The van der Waals surface area contributed by atoms with Crippen LogP contribution in [0.5, 0.6) is 0 Å². The minimum absolute atomic E-state index is 0. The second kappa shape index (κ2) is 5.75. The molecule has 0 aliphatic heterocycles. The zero-order chi connectivity index (χ0) is 3.58. The van der Waals surface area contributed by atoms with E-state index in [2.05, 4.69) is 0 Å². The van der Waals surface area contributed by atoms with Crippen molar-refractivity contribution in [1.29, 1.82) is 0 Å². The molecule has 1 radical (unpaired) electrons. The normalized spacial score (nSPS) is 7.20. The largest absolute Gasteiger partial charge is 0.236 e. The third kappa shape index (κ3) is 26.4. The third-order valence-corrected chi connectivity index (χ3v) is 0. The molecule has 0 heterocycles. The second-order valence-corrected chi connectivity index (χ2v) is 1.93. The summed E-state index contributed by atoms with van der Waals surface area (Å²) in [6.45, 7) is 0. The van der Waals surface area contributed by atoms with Gasteiger partial charge in [-0.25, -0.2) is 0 Å². The number of halogens is 3. The van der Waals surface area contributed by atoms with Crippen LogP contribution in [0.25, 0.3) is 0 Å². The Labute approximate surface area is 64.9 Å². The molecule has 0 fully saturated rings. The Balaban J connectivity index is 0. The first-order valence-electron chi connectivity index (χ1n) is 0.567. The molecule has 29 valence electrons. The molecule has 0 amide bonds. The van der Waals surface area contributed by atoms with Crippen LogP contribution in [0.3, 0.4) is 0 Å². The number of hydrogen-bond acceptors (Lipinski definition) is 0. The van der Waals surface area contributed by atoms with Gasteiger partial charge in [0.25, 0.3) is 0 Å². The molecule has 0 aromatic heterocycles. The molecule has 5 heavy (non-hydrogen) atoms. The van der Waals surface area contributed by atoms with Crippen molar-refractivity contribution in [3.8, 4) is 0 Å². The van der Waals surface area contributed by atoms with Gasteiger partial charge in [0.15, 0.2) is 0 Å². The fourth-order valence-electron chi connectivity index (χ4n) is 0. The summed E-state index contributed by atoms with van der Waals surface area (Å²) in [4.78, 5) is 0. The summed E-state index contributed by atoms with van der Waals surface area (Å²) in [6.07, 6.45) is 0. The van der Waals surface area contributed by atoms with Crippen LogP contribution in [0, 0.1) is 4.30 Å². The van der Waals surface area contributed by atoms with E-state index in [4.69, 9.17) is 34.8 Å². The zero-order valence-electron chi connectivity index (χ0n) is 2.13. The number of hydrogen-bond donors (Lipinski definition) is 0. The smallest absolute Gasteiger partial charge is 0.0788 e. The fraction of sp³-hybridized carbons (Fsp3) is 0. The monoisotopic (exact) mass is 207 g/mol. The van der Waals surface area contributed by atoms with Gasteiger partial charge in [-0.1, -0.05) is 34.8 Å². The quantitative estimate of drug-likeness (QED) is 0.574. The summed E-state index contributed by atoms with van der Waals surface area (Å²) in [6, 6.07) is 0. The third-order valence-electron chi connectivity index (χ3n) is 0. The van der Waals surface area contributed by atoms with Gasteiger partial charge in [0.2, 0.25) is 4.30 Å². The maximum Gasteiger partial charge on any atom is 0.236 e. The van der Waals surface area contributed by atoms with Gasteiger partial charge in [-0.15, -0.1) is 0 Å². The minimum Gasteiger partial charge on any atom is -0.0788 e. The summed E-state index contributed by atoms with van der Waals surface area (Å²) >= 11 is 14.2. The van der Waals surface area contributed by atoms with Crippen LogP contribution in [-0.4, -0.2) is 0 Å². The standard InChI is InChI=1S/CCl3.Zr/c2-1(3)4;. The minimum atomic E-state index is -0.167. The van der Waals surface area contributed by atoms with Crippen LogP contribution in [-0.2, 0) is 26.2 Å².